The molecule has 28 heavy (non-hydrogen) atoms. The lowest BCUT2D eigenvalue weighted by atomic mass is 10.0. The number of rotatable bonds is 14. The van der Waals surface area contributed by atoms with E-state index in [4.69, 9.17) is 12.2 Å². The number of benzene rings is 1. The maximum absolute atomic E-state index is 10.7. The van der Waals surface area contributed by atoms with Crippen molar-refractivity contribution in [2.75, 3.05) is 13.2 Å². The van der Waals surface area contributed by atoms with Crippen molar-refractivity contribution in [1.82, 2.24) is 10.6 Å². The zero-order valence-electron chi connectivity index (χ0n) is 16.6. The van der Waals surface area contributed by atoms with Crippen molar-refractivity contribution < 1.29 is 15.1 Å². The second-order valence-electron chi connectivity index (χ2n) is 6.96. The summed E-state index contributed by atoms with van der Waals surface area (Å²) >= 11 is 5.24. The summed E-state index contributed by atoms with van der Waals surface area (Å²) in [5.41, 5.74) is 0.426. The molecule has 0 spiro atoms. The lowest BCUT2D eigenvalue weighted by Gasteiger charge is -2.24. The Labute approximate surface area is 172 Å². The Morgan fingerprint density at radius 1 is 1.11 bits per heavy atom. The molecule has 0 saturated heterocycles. The molecule has 0 aliphatic carbocycles. The molecule has 158 valence electrons. The second-order valence-corrected chi connectivity index (χ2v) is 7.37. The first-order valence-corrected chi connectivity index (χ1v) is 10.5. The highest BCUT2D eigenvalue weighted by Gasteiger charge is 2.21. The molecule has 0 amide bonds. The number of aliphatic hydroxyl groups is 2. The summed E-state index contributed by atoms with van der Waals surface area (Å²) in [4.78, 5) is 10.2. The Morgan fingerprint density at radius 2 is 1.68 bits per heavy atom. The van der Waals surface area contributed by atoms with Crippen molar-refractivity contribution in [3.63, 3.8) is 0 Å². The molecule has 0 aliphatic heterocycles. The molecular formula is C20H33N3O4S. The van der Waals surface area contributed by atoms with Crippen LogP contribution in [0.4, 0.5) is 5.69 Å². The molecule has 0 saturated carbocycles. The van der Waals surface area contributed by atoms with E-state index in [2.05, 4.69) is 17.6 Å². The molecule has 8 heteroatoms. The highest BCUT2D eigenvalue weighted by atomic mass is 32.1. The average Bonchev–Trinajstić information content (AvgIpc) is 2.70. The van der Waals surface area contributed by atoms with Crippen molar-refractivity contribution in [3.05, 3.63) is 39.9 Å². The summed E-state index contributed by atoms with van der Waals surface area (Å²) in [6.07, 6.45) is 8.85. The monoisotopic (exact) mass is 411 g/mol. The molecule has 0 radical (unpaired) electrons. The molecule has 0 heterocycles. The van der Waals surface area contributed by atoms with E-state index >= 15 is 0 Å². The average molecular weight is 412 g/mol. The van der Waals surface area contributed by atoms with Gasteiger partial charge >= 0.3 is 0 Å². The Hall–Kier alpha value is -1.77. The van der Waals surface area contributed by atoms with Crippen LogP contribution in [0.1, 0.15) is 70.0 Å². The Balaban J connectivity index is 2.29. The third kappa shape index (κ3) is 9.43. The number of nitrogens with one attached hydrogen (secondary N) is 2. The molecule has 7 nitrogen and oxygen atoms in total. The van der Waals surface area contributed by atoms with E-state index in [1.807, 2.05) is 0 Å². The van der Waals surface area contributed by atoms with Crippen LogP contribution in [0.3, 0.4) is 0 Å². The van der Waals surface area contributed by atoms with E-state index in [9.17, 15) is 20.3 Å². The van der Waals surface area contributed by atoms with E-state index in [-0.39, 0.29) is 12.3 Å². The predicted octanol–water partition coefficient (Wildman–Crippen LogP) is 3.59. The molecule has 2 unspecified atom stereocenters. The summed E-state index contributed by atoms with van der Waals surface area (Å²) in [6, 6.07) is 4.91. The molecular weight excluding hydrogens is 378 g/mol. The van der Waals surface area contributed by atoms with Gasteiger partial charge in [0.1, 0.15) is 6.10 Å². The molecule has 0 fully saturated rings. The molecule has 4 N–H and O–H groups in total. The van der Waals surface area contributed by atoms with Gasteiger partial charge in [-0.25, -0.2) is 0 Å². The van der Waals surface area contributed by atoms with Gasteiger partial charge in [0.15, 0.2) is 5.11 Å². The summed E-state index contributed by atoms with van der Waals surface area (Å²) < 4.78 is 0. The molecule has 1 aromatic carbocycles. The van der Waals surface area contributed by atoms with Crippen LogP contribution in [0, 0.1) is 10.1 Å². The maximum atomic E-state index is 10.7. The third-order valence-electron chi connectivity index (χ3n) is 4.66. The van der Waals surface area contributed by atoms with Crippen molar-refractivity contribution in [2.24, 2.45) is 0 Å². The SMILES string of the molecule is CCCCCCCCCCNC(=S)NC(CO)C(O)c1ccc([N+](=O)[O-])cc1. The smallest absolute Gasteiger partial charge is 0.269 e. The number of nitrogens with zero attached hydrogens (tertiary/aromatic N) is 1. The first kappa shape index (κ1) is 24.3. The molecule has 0 aromatic heterocycles. The Bertz CT molecular complexity index is 583. The van der Waals surface area contributed by atoms with Crippen LogP contribution in [-0.2, 0) is 0 Å². The van der Waals surface area contributed by atoms with E-state index in [1.54, 1.807) is 0 Å². The number of hydrogen-bond donors (Lipinski definition) is 4. The largest absolute Gasteiger partial charge is 0.394 e. The number of hydrogen-bond acceptors (Lipinski definition) is 5. The van der Waals surface area contributed by atoms with Gasteiger partial charge in [-0.05, 0) is 36.3 Å². The van der Waals surface area contributed by atoms with Crippen LogP contribution in [0.5, 0.6) is 0 Å². The van der Waals surface area contributed by atoms with Crippen LogP contribution >= 0.6 is 12.2 Å². The summed E-state index contributed by atoms with van der Waals surface area (Å²) in [5.74, 6) is 0. The van der Waals surface area contributed by atoms with E-state index in [1.165, 1.54) is 62.8 Å². The van der Waals surface area contributed by atoms with Crippen molar-refractivity contribution in [3.8, 4) is 0 Å². The number of unbranched alkanes of at least 4 members (excludes halogenated alkanes) is 7. The van der Waals surface area contributed by atoms with Crippen LogP contribution < -0.4 is 10.6 Å². The number of aliphatic hydroxyl groups excluding tert-OH is 2. The van der Waals surface area contributed by atoms with Crippen LogP contribution in [-0.4, -0.2) is 39.4 Å². The quantitative estimate of drug-likeness (QED) is 0.160. The molecule has 0 bridgehead atoms. The van der Waals surface area contributed by atoms with Gasteiger partial charge in [-0.1, -0.05) is 51.9 Å². The van der Waals surface area contributed by atoms with Gasteiger partial charge in [-0.15, -0.1) is 0 Å². The second kappa shape index (κ2) is 14.3. The number of thiocarbonyl (C=S) groups is 1. The minimum absolute atomic E-state index is 0.0491. The summed E-state index contributed by atoms with van der Waals surface area (Å²) in [7, 11) is 0. The highest BCUT2D eigenvalue weighted by molar-refractivity contribution is 7.80. The fraction of sp³-hybridized carbons (Fsp3) is 0.650. The lowest BCUT2D eigenvalue weighted by molar-refractivity contribution is -0.384. The zero-order chi connectivity index (χ0) is 20.8. The summed E-state index contributed by atoms with van der Waals surface area (Å²) in [6.45, 7) is 2.64. The predicted molar refractivity (Wildman–Crippen MR) is 115 cm³/mol. The van der Waals surface area contributed by atoms with Crippen molar-refractivity contribution in [1.29, 1.82) is 0 Å². The molecule has 0 aliphatic rings. The van der Waals surface area contributed by atoms with Crippen LogP contribution in [0.25, 0.3) is 0 Å². The van der Waals surface area contributed by atoms with Crippen LogP contribution in [0.2, 0.25) is 0 Å². The zero-order valence-corrected chi connectivity index (χ0v) is 17.4. The number of nitro benzene ring substituents is 1. The van der Waals surface area contributed by atoms with Gasteiger partial charge in [0.05, 0.1) is 17.6 Å². The minimum atomic E-state index is -1.03. The fourth-order valence-electron chi connectivity index (χ4n) is 2.93. The molecule has 1 aromatic rings. The van der Waals surface area contributed by atoms with Gasteiger partial charge in [-0.3, -0.25) is 10.1 Å². The van der Waals surface area contributed by atoms with E-state index < -0.39 is 17.1 Å². The van der Waals surface area contributed by atoms with Gasteiger partial charge in [0, 0.05) is 18.7 Å². The van der Waals surface area contributed by atoms with Gasteiger partial charge < -0.3 is 20.8 Å². The Kier molecular flexibility index (Phi) is 12.4. The van der Waals surface area contributed by atoms with E-state index in [0.29, 0.717) is 10.7 Å². The molecule has 1 rings (SSSR count). The first-order chi connectivity index (χ1) is 13.5. The normalized spacial score (nSPS) is 13.0. The Morgan fingerprint density at radius 3 is 2.21 bits per heavy atom. The van der Waals surface area contributed by atoms with Gasteiger partial charge in [0.25, 0.3) is 5.69 Å². The van der Waals surface area contributed by atoms with Crippen molar-refractivity contribution >= 4 is 23.0 Å². The van der Waals surface area contributed by atoms with Gasteiger partial charge in [0.2, 0.25) is 0 Å². The number of nitro groups is 1. The molecule has 2 atom stereocenters. The highest BCUT2D eigenvalue weighted by Crippen LogP contribution is 2.20. The maximum Gasteiger partial charge on any atom is 0.269 e. The number of non-ortho nitro benzene ring substituents is 1. The third-order valence-corrected chi connectivity index (χ3v) is 4.92. The van der Waals surface area contributed by atoms with E-state index in [0.717, 1.165) is 19.4 Å². The minimum Gasteiger partial charge on any atom is -0.394 e. The van der Waals surface area contributed by atoms with Gasteiger partial charge in [-0.2, -0.15) is 0 Å². The lowest BCUT2D eigenvalue weighted by Crippen LogP contribution is -2.46. The topological polar surface area (TPSA) is 108 Å². The van der Waals surface area contributed by atoms with Crippen molar-refractivity contribution in [2.45, 2.75) is 70.4 Å². The first-order valence-electron chi connectivity index (χ1n) is 10.1. The van der Waals surface area contributed by atoms with Crippen LogP contribution in [0.15, 0.2) is 24.3 Å². The standard InChI is InChI=1S/C20H33N3O4S/c1-2-3-4-5-6-7-8-9-14-21-20(28)22-18(15-24)19(25)16-10-12-17(13-11-16)23(26)27/h10-13,18-19,24-25H,2-9,14-15H2,1H3,(H2,21,22,28). The summed E-state index contributed by atoms with van der Waals surface area (Å²) in [5, 5.41) is 37.1. The fourth-order valence-corrected chi connectivity index (χ4v) is 3.18.